The van der Waals surface area contributed by atoms with Crippen LogP contribution >= 0.6 is 11.3 Å². The van der Waals surface area contributed by atoms with E-state index in [-0.39, 0.29) is 43.2 Å². The first-order chi connectivity index (χ1) is 12.6. The summed E-state index contributed by atoms with van der Waals surface area (Å²) in [4.78, 5) is 40.7. The van der Waals surface area contributed by atoms with Gasteiger partial charge < -0.3 is 5.32 Å². The fraction of sp³-hybridized carbons (Fsp3) is 0.200. The number of carbonyl (C=O) groups excluding carboxylic acids is 3. The molecule has 0 atom stereocenters. The molecule has 1 amide bonds. The molecular weight excluding hydrogens is 348 g/mol. The van der Waals surface area contributed by atoms with E-state index in [9.17, 15) is 14.4 Å². The van der Waals surface area contributed by atoms with E-state index in [1.165, 1.54) is 11.3 Å². The minimum absolute atomic E-state index is 0.0254. The maximum absolute atomic E-state index is 12.0. The maximum atomic E-state index is 12.0. The van der Waals surface area contributed by atoms with Gasteiger partial charge in [-0.1, -0.05) is 12.1 Å². The number of aromatic nitrogens is 1. The lowest BCUT2D eigenvalue weighted by Gasteiger charge is -2.06. The molecule has 132 valence electrons. The SMILES string of the molecule is O=C(CCC(=O)Nc1ccc2ncccc2c1)CCC(=O)c1cccs1. The predicted molar refractivity (Wildman–Crippen MR) is 102 cm³/mol. The van der Waals surface area contributed by atoms with Crippen LogP contribution in [0.2, 0.25) is 0 Å². The number of rotatable bonds is 8. The lowest BCUT2D eigenvalue weighted by Crippen LogP contribution is -2.13. The Morgan fingerprint density at radius 3 is 2.62 bits per heavy atom. The molecule has 1 N–H and O–H groups in total. The molecule has 0 saturated carbocycles. The van der Waals surface area contributed by atoms with E-state index in [4.69, 9.17) is 0 Å². The van der Waals surface area contributed by atoms with Crippen LogP contribution in [0.1, 0.15) is 35.4 Å². The number of hydrogen-bond acceptors (Lipinski definition) is 5. The molecule has 0 aliphatic heterocycles. The number of nitrogens with one attached hydrogen (secondary N) is 1. The van der Waals surface area contributed by atoms with Crippen LogP contribution in [-0.4, -0.2) is 22.5 Å². The smallest absolute Gasteiger partial charge is 0.224 e. The molecule has 1 aromatic carbocycles. The van der Waals surface area contributed by atoms with E-state index in [1.807, 2.05) is 35.7 Å². The van der Waals surface area contributed by atoms with Crippen molar-refractivity contribution >= 4 is 45.4 Å². The molecule has 3 rings (SSSR count). The second kappa shape index (κ2) is 8.49. The zero-order chi connectivity index (χ0) is 18.4. The molecule has 0 aliphatic carbocycles. The Morgan fingerprint density at radius 1 is 0.962 bits per heavy atom. The number of amides is 1. The summed E-state index contributed by atoms with van der Waals surface area (Å²) < 4.78 is 0. The Kier molecular flexibility index (Phi) is 5.86. The fourth-order valence-corrected chi connectivity index (χ4v) is 3.26. The number of nitrogens with zero attached hydrogens (tertiary/aromatic N) is 1. The molecule has 0 unspecified atom stereocenters. The normalized spacial score (nSPS) is 10.6. The van der Waals surface area contributed by atoms with Gasteiger partial charge in [0.05, 0.1) is 10.4 Å². The zero-order valence-electron chi connectivity index (χ0n) is 14.1. The topological polar surface area (TPSA) is 76.1 Å². The molecule has 5 nitrogen and oxygen atoms in total. The number of Topliss-reactive ketones (excluding diaryl/α,β-unsaturated/α-hetero) is 2. The highest BCUT2D eigenvalue weighted by molar-refractivity contribution is 7.12. The van der Waals surface area contributed by atoms with Crippen molar-refractivity contribution in [1.29, 1.82) is 0 Å². The Labute approximate surface area is 155 Å². The molecule has 2 heterocycles. The van der Waals surface area contributed by atoms with Gasteiger partial charge in [-0.15, -0.1) is 11.3 Å². The summed E-state index contributed by atoms with van der Waals surface area (Å²) in [6, 6.07) is 12.8. The third-order valence-electron chi connectivity index (χ3n) is 3.94. The van der Waals surface area contributed by atoms with Gasteiger partial charge in [0.1, 0.15) is 5.78 Å². The maximum Gasteiger partial charge on any atom is 0.224 e. The van der Waals surface area contributed by atoms with Crippen molar-refractivity contribution in [3.63, 3.8) is 0 Å². The minimum atomic E-state index is -0.217. The van der Waals surface area contributed by atoms with Crippen LogP contribution in [0, 0.1) is 0 Å². The zero-order valence-corrected chi connectivity index (χ0v) is 14.9. The van der Waals surface area contributed by atoms with E-state index >= 15 is 0 Å². The number of benzene rings is 1. The second-order valence-corrected chi connectivity index (χ2v) is 6.85. The Hall–Kier alpha value is -2.86. The number of pyridine rings is 1. The van der Waals surface area contributed by atoms with Gasteiger partial charge in [-0.3, -0.25) is 19.4 Å². The Balaban J connectivity index is 1.44. The van der Waals surface area contributed by atoms with Gasteiger partial charge in [-0.05, 0) is 35.7 Å². The first kappa shape index (κ1) is 17.9. The average molecular weight is 366 g/mol. The van der Waals surface area contributed by atoms with E-state index in [0.717, 1.165) is 10.9 Å². The van der Waals surface area contributed by atoms with Gasteiger partial charge in [0.15, 0.2) is 5.78 Å². The number of thiophene rings is 1. The molecule has 26 heavy (non-hydrogen) atoms. The van der Waals surface area contributed by atoms with Crippen molar-refractivity contribution in [3.05, 3.63) is 58.9 Å². The molecule has 6 heteroatoms. The van der Waals surface area contributed by atoms with Crippen LogP contribution in [0.25, 0.3) is 10.9 Å². The summed E-state index contributed by atoms with van der Waals surface area (Å²) >= 11 is 1.37. The van der Waals surface area contributed by atoms with Crippen LogP contribution < -0.4 is 5.32 Å². The van der Waals surface area contributed by atoms with Gasteiger partial charge in [-0.2, -0.15) is 0 Å². The largest absolute Gasteiger partial charge is 0.326 e. The molecule has 3 aromatic rings. The summed E-state index contributed by atoms with van der Waals surface area (Å²) in [7, 11) is 0. The summed E-state index contributed by atoms with van der Waals surface area (Å²) in [6.07, 6.45) is 2.33. The molecule has 0 fully saturated rings. The number of anilines is 1. The lowest BCUT2D eigenvalue weighted by atomic mass is 10.1. The highest BCUT2D eigenvalue weighted by atomic mass is 32.1. The summed E-state index contributed by atoms with van der Waals surface area (Å²) in [5, 5.41) is 5.57. The highest BCUT2D eigenvalue weighted by Crippen LogP contribution is 2.17. The van der Waals surface area contributed by atoms with Gasteiger partial charge >= 0.3 is 0 Å². The van der Waals surface area contributed by atoms with Crippen LogP contribution in [0.5, 0.6) is 0 Å². The van der Waals surface area contributed by atoms with Crippen LogP contribution in [0.15, 0.2) is 54.0 Å². The van der Waals surface area contributed by atoms with E-state index in [0.29, 0.717) is 10.6 Å². The van der Waals surface area contributed by atoms with Crippen LogP contribution in [0.4, 0.5) is 5.69 Å². The molecule has 0 bridgehead atoms. The first-order valence-corrected chi connectivity index (χ1v) is 9.23. The van der Waals surface area contributed by atoms with Crippen molar-refractivity contribution in [2.75, 3.05) is 5.32 Å². The highest BCUT2D eigenvalue weighted by Gasteiger charge is 2.12. The Morgan fingerprint density at radius 2 is 1.81 bits per heavy atom. The third-order valence-corrected chi connectivity index (χ3v) is 4.86. The number of carbonyl (C=O) groups is 3. The number of fused-ring (bicyclic) bond motifs is 1. The van der Waals surface area contributed by atoms with E-state index in [1.54, 1.807) is 18.3 Å². The van der Waals surface area contributed by atoms with Crippen molar-refractivity contribution in [1.82, 2.24) is 4.98 Å². The van der Waals surface area contributed by atoms with Crippen molar-refractivity contribution in [2.24, 2.45) is 0 Å². The van der Waals surface area contributed by atoms with Gasteiger partial charge in [-0.25, -0.2) is 0 Å². The monoisotopic (exact) mass is 366 g/mol. The second-order valence-electron chi connectivity index (χ2n) is 5.90. The minimum Gasteiger partial charge on any atom is -0.326 e. The molecule has 0 spiro atoms. The molecule has 2 aromatic heterocycles. The third kappa shape index (κ3) is 4.83. The van der Waals surface area contributed by atoms with Crippen LogP contribution in [-0.2, 0) is 9.59 Å². The molecule has 0 saturated heterocycles. The summed E-state index contributed by atoms with van der Waals surface area (Å²) in [6.45, 7) is 0. The van der Waals surface area contributed by atoms with Gasteiger partial charge in [0, 0.05) is 43.0 Å². The van der Waals surface area contributed by atoms with Crippen molar-refractivity contribution in [2.45, 2.75) is 25.7 Å². The first-order valence-electron chi connectivity index (χ1n) is 8.35. The fourth-order valence-electron chi connectivity index (χ4n) is 2.57. The number of ketones is 2. The molecule has 0 radical (unpaired) electrons. The Bertz CT molecular complexity index is 935. The number of hydrogen-bond donors (Lipinski definition) is 1. The summed E-state index contributed by atoms with van der Waals surface area (Å²) in [5.74, 6) is -0.318. The van der Waals surface area contributed by atoms with Crippen molar-refractivity contribution in [3.8, 4) is 0 Å². The predicted octanol–water partition coefficient (Wildman–Crippen LogP) is 4.25. The average Bonchev–Trinajstić information content (AvgIpc) is 3.19. The van der Waals surface area contributed by atoms with E-state index in [2.05, 4.69) is 10.3 Å². The quantitative estimate of drug-likeness (QED) is 0.605. The van der Waals surface area contributed by atoms with E-state index < -0.39 is 0 Å². The molecular formula is C20H18N2O3S. The van der Waals surface area contributed by atoms with Crippen LogP contribution in [0.3, 0.4) is 0 Å². The molecule has 0 aliphatic rings. The van der Waals surface area contributed by atoms with Crippen molar-refractivity contribution < 1.29 is 14.4 Å². The van der Waals surface area contributed by atoms with Gasteiger partial charge in [0.2, 0.25) is 5.91 Å². The standard InChI is InChI=1S/C20H18N2O3S/c23-16(6-9-18(24)19-4-2-12-26-19)7-10-20(25)22-15-5-8-17-14(13-15)3-1-11-21-17/h1-5,8,11-13H,6-7,9-10H2,(H,22,25). The van der Waals surface area contributed by atoms with Gasteiger partial charge in [0.25, 0.3) is 0 Å². The lowest BCUT2D eigenvalue weighted by molar-refractivity contribution is -0.122. The summed E-state index contributed by atoms with van der Waals surface area (Å²) in [5.41, 5.74) is 1.53.